The summed E-state index contributed by atoms with van der Waals surface area (Å²) in [5.74, 6) is 0.599. The number of anilines is 3. The number of carbonyl (C=O) groups is 1. The van der Waals surface area contributed by atoms with Gasteiger partial charge in [0.1, 0.15) is 6.33 Å². The number of amides is 1. The van der Waals surface area contributed by atoms with E-state index in [2.05, 4.69) is 49.4 Å². The molecule has 0 aliphatic carbocycles. The van der Waals surface area contributed by atoms with Gasteiger partial charge < -0.3 is 25.6 Å². The van der Waals surface area contributed by atoms with Crippen LogP contribution in [-0.2, 0) is 0 Å². The molecule has 4 heterocycles. The maximum absolute atomic E-state index is 11.0. The van der Waals surface area contributed by atoms with Gasteiger partial charge in [-0.05, 0) is 31.3 Å². The summed E-state index contributed by atoms with van der Waals surface area (Å²) >= 11 is 1.27. The molecule has 3 N–H and O–H groups in total. The number of piperazine rings is 1. The molecule has 0 bridgehead atoms. The van der Waals surface area contributed by atoms with Gasteiger partial charge in [0.15, 0.2) is 16.5 Å². The molecule has 0 spiro atoms. The number of nitrogens with one attached hydrogen (secondary N) is 1. The summed E-state index contributed by atoms with van der Waals surface area (Å²) in [5.41, 5.74) is 9.34. The number of fused-ring (bicyclic) bond motifs is 1. The smallest absolute Gasteiger partial charge is 0.399 e. The van der Waals surface area contributed by atoms with E-state index >= 15 is 0 Å². The number of rotatable bonds is 5. The summed E-state index contributed by atoms with van der Waals surface area (Å²) in [6, 6.07) is 10.0. The number of hydrogen-bond acceptors (Lipinski definition) is 9. The fraction of sp³-hybridized carbons (Fsp3) is 0.238. The minimum atomic E-state index is -0.847. The van der Waals surface area contributed by atoms with Crippen LogP contribution < -0.4 is 20.7 Å². The van der Waals surface area contributed by atoms with E-state index in [0.29, 0.717) is 16.5 Å². The summed E-state index contributed by atoms with van der Waals surface area (Å²) in [6.45, 7) is 4.20. The lowest BCUT2D eigenvalue weighted by Crippen LogP contribution is -2.44. The molecule has 32 heavy (non-hydrogen) atoms. The first-order chi connectivity index (χ1) is 15.6. The molecule has 1 aliphatic rings. The SMILES string of the molecule is CN1CCN(c2ccc(Nc3ncc(-c4csc(OC(N)=O)c4)n4ncnc34)cc2)CC1. The fourth-order valence-corrected chi connectivity index (χ4v) is 4.42. The number of benzene rings is 1. The van der Waals surface area contributed by atoms with Crippen molar-refractivity contribution in [2.75, 3.05) is 43.4 Å². The van der Waals surface area contributed by atoms with Crippen LogP contribution in [0.5, 0.6) is 5.06 Å². The molecule has 1 saturated heterocycles. The number of aromatic nitrogens is 4. The van der Waals surface area contributed by atoms with Gasteiger partial charge in [-0.2, -0.15) is 5.10 Å². The van der Waals surface area contributed by atoms with E-state index in [1.807, 2.05) is 17.5 Å². The van der Waals surface area contributed by atoms with Crippen molar-refractivity contribution >= 4 is 40.3 Å². The highest BCUT2D eigenvalue weighted by molar-refractivity contribution is 7.12. The van der Waals surface area contributed by atoms with Crippen molar-refractivity contribution in [3.63, 3.8) is 0 Å². The molecule has 11 heteroatoms. The summed E-state index contributed by atoms with van der Waals surface area (Å²) in [7, 11) is 2.15. The maximum atomic E-state index is 11.0. The summed E-state index contributed by atoms with van der Waals surface area (Å²) in [4.78, 5) is 24.6. The normalized spacial score (nSPS) is 14.6. The third-order valence-electron chi connectivity index (χ3n) is 5.37. The van der Waals surface area contributed by atoms with Crippen molar-refractivity contribution in [2.45, 2.75) is 0 Å². The Kier molecular flexibility index (Phi) is 5.33. The molecular weight excluding hydrogens is 428 g/mol. The van der Waals surface area contributed by atoms with Gasteiger partial charge in [0.05, 0.1) is 11.9 Å². The van der Waals surface area contributed by atoms with Gasteiger partial charge >= 0.3 is 6.09 Å². The van der Waals surface area contributed by atoms with Crippen LogP contribution in [0.15, 0.2) is 48.2 Å². The Morgan fingerprint density at radius 2 is 1.94 bits per heavy atom. The Labute approximate surface area is 188 Å². The molecule has 4 aromatic rings. The minimum absolute atomic E-state index is 0.406. The van der Waals surface area contributed by atoms with Crippen molar-refractivity contribution in [1.29, 1.82) is 0 Å². The quantitative estimate of drug-likeness (QED) is 0.477. The Balaban J connectivity index is 1.36. The molecule has 10 nitrogen and oxygen atoms in total. The molecule has 0 radical (unpaired) electrons. The number of primary amides is 1. The predicted molar refractivity (Wildman–Crippen MR) is 124 cm³/mol. The second-order valence-electron chi connectivity index (χ2n) is 7.53. The lowest BCUT2D eigenvalue weighted by atomic mass is 10.2. The van der Waals surface area contributed by atoms with Crippen LogP contribution in [0.3, 0.4) is 0 Å². The summed E-state index contributed by atoms with van der Waals surface area (Å²) < 4.78 is 6.64. The van der Waals surface area contributed by atoms with Gasteiger partial charge in [-0.15, -0.1) is 11.3 Å². The maximum Gasteiger partial charge on any atom is 0.410 e. The zero-order valence-electron chi connectivity index (χ0n) is 17.4. The Hall–Kier alpha value is -3.70. The highest BCUT2D eigenvalue weighted by atomic mass is 32.1. The third-order valence-corrected chi connectivity index (χ3v) is 6.18. The molecule has 1 aromatic carbocycles. The van der Waals surface area contributed by atoms with Crippen molar-refractivity contribution in [1.82, 2.24) is 24.5 Å². The van der Waals surface area contributed by atoms with E-state index < -0.39 is 6.09 Å². The monoisotopic (exact) mass is 450 g/mol. The van der Waals surface area contributed by atoms with Crippen LogP contribution >= 0.6 is 11.3 Å². The van der Waals surface area contributed by atoms with Gasteiger partial charge in [0, 0.05) is 54.6 Å². The molecule has 3 aromatic heterocycles. The zero-order valence-corrected chi connectivity index (χ0v) is 18.2. The fourth-order valence-electron chi connectivity index (χ4n) is 3.66. The van der Waals surface area contributed by atoms with E-state index in [9.17, 15) is 4.79 Å². The van der Waals surface area contributed by atoms with Crippen LogP contribution in [0.4, 0.5) is 22.0 Å². The molecule has 5 rings (SSSR count). The Bertz CT molecular complexity index is 1240. The number of hydrogen-bond donors (Lipinski definition) is 2. The number of carbonyl (C=O) groups excluding carboxylic acids is 1. The largest absolute Gasteiger partial charge is 0.410 e. The molecule has 0 unspecified atom stereocenters. The van der Waals surface area contributed by atoms with Gasteiger partial charge in [-0.25, -0.2) is 19.3 Å². The van der Waals surface area contributed by atoms with Crippen molar-refractivity contribution in [3.8, 4) is 16.3 Å². The van der Waals surface area contributed by atoms with Gasteiger partial charge in [-0.3, -0.25) is 0 Å². The predicted octanol–water partition coefficient (Wildman–Crippen LogP) is 2.81. The minimum Gasteiger partial charge on any atom is -0.399 e. The molecule has 164 valence electrons. The number of likely N-dealkylation sites (N-methyl/N-ethyl adjacent to an activating group) is 1. The number of nitrogens with two attached hydrogens (primary N) is 1. The first-order valence-electron chi connectivity index (χ1n) is 10.1. The summed E-state index contributed by atoms with van der Waals surface area (Å²) in [6.07, 6.45) is 2.34. The second kappa shape index (κ2) is 8.44. The van der Waals surface area contributed by atoms with Crippen molar-refractivity contribution < 1.29 is 9.53 Å². The second-order valence-corrected chi connectivity index (χ2v) is 8.40. The van der Waals surface area contributed by atoms with E-state index in [-0.39, 0.29) is 0 Å². The lowest BCUT2D eigenvalue weighted by Gasteiger charge is -2.34. The van der Waals surface area contributed by atoms with E-state index in [4.69, 9.17) is 10.5 Å². The third kappa shape index (κ3) is 4.07. The van der Waals surface area contributed by atoms with Crippen molar-refractivity contribution in [2.24, 2.45) is 5.73 Å². The molecule has 1 amide bonds. The van der Waals surface area contributed by atoms with E-state index in [0.717, 1.165) is 43.1 Å². The average molecular weight is 451 g/mol. The molecule has 0 atom stereocenters. The lowest BCUT2D eigenvalue weighted by molar-refractivity contribution is 0.212. The number of nitrogens with zero attached hydrogens (tertiary/aromatic N) is 6. The number of thiophene rings is 1. The van der Waals surface area contributed by atoms with Gasteiger partial charge in [-0.1, -0.05) is 0 Å². The first kappa shape index (κ1) is 20.2. The Morgan fingerprint density at radius 1 is 1.16 bits per heavy atom. The van der Waals surface area contributed by atoms with Gasteiger partial charge in [0.2, 0.25) is 0 Å². The van der Waals surface area contributed by atoms with E-state index in [1.165, 1.54) is 23.4 Å². The van der Waals surface area contributed by atoms with Crippen LogP contribution in [0.2, 0.25) is 0 Å². The Morgan fingerprint density at radius 3 is 2.69 bits per heavy atom. The molecule has 0 saturated carbocycles. The van der Waals surface area contributed by atoms with Crippen molar-refractivity contribution in [3.05, 3.63) is 48.2 Å². The van der Waals surface area contributed by atoms with Gasteiger partial charge in [0.25, 0.3) is 0 Å². The highest BCUT2D eigenvalue weighted by Gasteiger charge is 2.16. The van der Waals surface area contributed by atoms with Crippen LogP contribution in [0, 0.1) is 0 Å². The summed E-state index contributed by atoms with van der Waals surface area (Å²) in [5, 5.41) is 9.93. The average Bonchev–Trinajstić information content (AvgIpc) is 3.45. The van der Waals surface area contributed by atoms with Crippen LogP contribution in [0.25, 0.3) is 16.9 Å². The first-order valence-corrected chi connectivity index (χ1v) is 11.0. The molecule has 1 aliphatic heterocycles. The molecule has 1 fully saturated rings. The highest BCUT2D eigenvalue weighted by Crippen LogP contribution is 2.32. The number of ether oxygens (including phenoxy) is 1. The molecular formula is C21H22N8O2S. The topological polar surface area (TPSA) is 114 Å². The van der Waals surface area contributed by atoms with E-state index in [1.54, 1.807) is 16.8 Å². The zero-order chi connectivity index (χ0) is 22.1. The van der Waals surface area contributed by atoms with Crippen LogP contribution in [-0.4, -0.2) is 63.8 Å². The standard InChI is InChI=1S/C21H22N8O2S/c1-27-6-8-28(9-7-27)16-4-2-15(3-5-16)26-19-20-24-13-25-29(20)17(11-23-19)14-10-18(32-12-14)31-21(22)30/h2-5,10-13H,6-9H2,1H3,(H2,22,30)(H,23,26). The van der Waals surface area contributed by atoms with Crippen LogP contribution in [0.1, 0.15) is 0 Å².